The third-order valence-corrected chi connectivity index (χ3v) is 6.39. The van der Waals surface area contributed by atoms with Crippen LogP contribution in [0.1, 0.15) is 28.8 Å². The molecule has 182 valence electrons. The van der Waals surface area contributed by atoms with Gasteiger partial charge >= 0.3 is 0 Å². The van der Waals surface area contributed by atoms with E-state index in [0.29, 0.717) is 40.2 Å². The van der Waals surface area contributed by atoms with E-state index in [1.807, 2.05) is 24.3 Å². The van der Waals surface area contributed by atoms with E-state index in [1.54, 1.807) is 42.3 Å². The number of hydrogen-bond donors (Lipinski definition) is 2. The summed E-state index contributed by atoms with van der Waals surface area (Å²) in [6.07, 6.45) is 3.79. The Labute approximate surface area is 215 Å². The molecule has 2 aromatic carbocycles. The number of aromatic nitrogens is 1. The molecule has 2 amide bonds. The summed E-state index contributed by atoms with van der Waals surface area (Å²) in [5.41, 5.74) is 2.90. The number of nitrogens with zero attached hydrogens (tertiary/aromatic N) is 3. The van der Waals surface area contributed by atoms with Crippen LogP contribution in [0.4, 0.5) is 17.2 Å². The van der Waals surface area contributed by atoms with Gasteiger partial charge in [-0.25, -0.2) is 4.98 Å². The fraction of sp³-hybridized carbons (Fsp3) is 0.269. The van der Waals surface area contributed by atoms with Crippen molar-refractivity contribution in [2.24, 2.45) is 0 Å². The Bertz CT molecular complexity index is 1180. The molecular weight excluding hydrogens is 485 g/mol. The summed E-state index contributed by atoms with van der Waals surface area (Å²) in [5.74, 6) is 0.146. The van der Waals surface area contributed by atoms with Gasteiger partial charge in [-0.05, 0) is 74.0 Å². The van der Waals surface area contributed by atoms with Crippen LogP contribution in [0.2, 0.25) is 10.0 Å². The first-order valence-corrected chi connectivity index (χ1v) is 12.2. The largest absolute Gasteiger partial charge is 0.380 e. The monoisotopic (exact) mass is 511 g/mol. The Hall–Kier alpha value is -3.13. The molecule has 1 aliphatic heterocycles. The number of carbonyl (C=O) groups excluding carboxylic acids is 2. The summed E-state index contributed by atoms with van der Waals surface area (Å²) in [6, 6.07) is 16.2. The molecule has 7 nitrogen and oxygen atoms in total. The fourth-order valence-electron chi connectivity index (χ4n) is 3.91. The van der Waals surface area contributed by atoms with Crippen molar-refractivity contribution in [2.45, 2.75) is 19.4 Å². The molecule has 3 aromatic rings. The van der Waals surface area contributed by atoms with Gasteiger partial charge in [-0.1, -0.05) is 35.3 Å². The number of hydrogen-bond acceptors (Lipinski definition) is 5. The molecule has 0 aliphatic carbocycles. The van der Waals surface area contributed by atoms with Crippen LogP contribution in [0.3, 0.4) is 0 Å². The lowest BCUT2D eigenvalue weighted by Gasteiger charge is -2.21. The molecule has 9 heteroatoms. The van der Waals surface area contributed by atoms with Crippen molar-refractivity contribution in [3.05, 3.63) is 82.0 Å². The van der Waals surface area contributed by atoms with Gasteiger partial charge in [0.05, 0.1) is 17.1 Å². The molecule has 0 saturated carbocycles. The van der Waals surface area contributed by atoms with Crippen molar-refractivity contribution in [1.29, 1.82) is 0 Å². The van der Waals surface area contributed by atoms with E-state index in [9.17, 15) is 9.59 Å². The smallest absolute Gasteiger partial charge is 0.258 e. The molecule has 2 heterocycles. The van der Waals surface area contributed by atoms with E-state index in [0.717, 1.165) is 37.2 Å². The molecule has 4 rings (SSSR count). The van der Waals surface area contributed by atoms with Crippen molar-refractivity contribution in [3.63, 3.8) is 0 Å². The van der Waals surface area contributed by atoms with Gasteiger partial charge in [0, 0.05) is 36.2 Å². The molecule has 1 saturated heterocycles. The van der Waals surface area contributed by atoms with E-state index >= 15 is 0 Å². The highest BCUT2D eigenvalue weighted by Gasteiger charge is 2.18. The second-order valence-electron chi connectivity index (χ2n) is 8.46. The summed E-state index contributed by atoms with van der Waals surface area (Å²) in [7, 11) is 1.81. The van der Waals surface area contributed by atoms with Crippen LogP contribution in [0, 0.1) is 0 Å². The van der Waals surface area contributed by atoms with E-state index in [4.69, 9.17) is 23.2 Å². The number of amides is 2. The molecule has 0 bridgehead atoms. The molecule has 1 aromatic heterocycles. The highest BCUT2D eigenvalue weighted by Crippen LogP contribution is 2.23. The molecule has 0 spiro atoms. The van der Waals surface area contributed by atoms with Gasteiger partial charge in [-0.2, -0.15) is 0 Å². The third kappa shape index (κ3) is 6.72. The lowest BCUT2D eigenvalue weighted by molar-refractivity contribution is -0.119. The normalized spacial score (nSPS) is 13.5. The van der Waals surface area contributed by atoms with Crippen molar-refractivity contribution in [3.8, 4) is 0 Å². The standard InChI is InChI=1S/C26H27Cl2N5O2/c1-32(25(34)17-33-12-2-3-13-33)21-8-4-18(5-9-21)15-29-23-10-6-19(27)14-22(23)26(35)31-24-11-7-20(28)16-30-24/h4-11,14,16,29H,2-3,12-13,15,17H2,1H3,(H,30,31,35). The number of likely N-dealkylation sites (tertiary alicyclic amines) is 1. The van der Waals surface area contributed by atoms with Gasteiger partial charge < -0.3 is 15.5 Å². The zero-order valence-electron chi connectivity index (χ0n) is 19.4. The Morgan fingerprint density at radius 1 is 1.00 bits per heavy atom. The molecule has 1 aliphatic rings. The number of anilines is 3. The van der Waals surface area contributed by atoms with E-state index in [-0.39, 0.29) is 11.8 Å². The number of carbonyl (C=O) groups is 2. The van der Waals surface area contributed by atoms with Crippen LogP contribution in [-0.2, 0) is 11.3 Å². The summed E-state index contributed by atoms with van der Waals surface area (Å²) >= 11 is 12.0. The highest BCUT2D eigenvalue weighted by molar-refractivity contribution is 6.31. The lowest BCUT2D eigenvalue weighted by Crippen LogP contribution is -2.37. The Kier molecular flexibility index (Phi) is 8.23. The summed E-state index contributed by atoms with van der Waals surface area (Å²) in [4.78, 5) is 33.4. The van der Waals surface area contributed by atoms with E-state index < -0.39 is 0 Å². The van der Waals surface area contributed by atoms with Crippen LogP contribution in [0.25, 0.3) is 0 Å². The van der Waals surface area contributed by atoms with Gasteiger partial charge in [0.1, 0.15) is 5.82 Å². The van der Waals surface area contributed by atoms with E-state index in [2.05, 4.69) is 20.5 Å². The predicted molar refractivity (Wildman–Crippen MR) is 142 cm³/mol. The zero-order valence-corrected chi connectivity index (χ0v) is 20.9. The average Bonchev–Trinajstić information content (AvgIpc) is 3.37. The van der Waals surface area contributed by atoms with Crippen molar-refractivity contribution in [2.75, 3.05) is 42.2 Å². The molecule has 35 heavy (non-hydrogen) atoms. The number of halogens is 2. The minimum absolute atomic E-state index is 0.0878. The van der Waals surface area contributed by atoms with Gasteiger partial charge in [0.2, 0.25) is 5.91 Å². The van der Waals surface area contributed by atoms with Gasteiger partial charge in [-0.3, -0.25) is 14.5 Å². The van der Waals surface area contributed by atoms with Crippen LogP contribution in [0.15, 0.2) is 60.8 Å². The van der Waals surface area contributed by atoms with Crippen molar-refractivity contribution >= 4 is 52.2 Å². The third-order valence-electron chi connectivity index (χ3n) is 5.93. The number of pyridine rings is 1. The van der Waals surface area contributed by atoms with E-state index in [1.165, 1.54) is 6.20 Å². The first-order chi connectivity index (χ1) is 16.9. The van der Waals surface area contributed by atoms with Gasteiger partial charge in [0.15, 0.2) is 0 Å². The predicted octanol–water partition coefficient (Wildman–Crippen LogP) is 5.31. The minimum atomic E-state index is -0.335. The van der Waals surface area contributed by atoms with Gasteiger partial charge in [0.25, 0.3) is 5.91 Å². The first kappa shape index (κ1) is 25.0. The quantitative estimate of drug-likeness (QED) is 0.428. The van der Waals surface area contributed by atoms with Crippen molar-refractivity contribution < 1.29 is 9.59 Å². The van der Waals surface area contributed by atoms with Crippen LogP contribution in [-0.4, -0.2) is 48.4 Å². The second-order valence-corrected chi connectivity index (χ2v) is 9.33. The lowest BCUT2D eigenvalue weighted by atomic mass is 10.1. The average molecular weight is 512 g/mol. The van der Waals surface area contributed by atoms with Crippen LogP contribution < -0.4 is 15.5 Å². The highest BCUT2D eigenvalue weighted by atomic mass is 35.5. The Morgan fingerprint density at radius 3 is 2.40 bits per heavy atom. The van der Waals surface area contributed by atoms with Gasteiger partial charge in [-0.15, -0.1) is 0 Å². The van der Waals surface area contributed by atoms with Crippen molar-refractivity contribution in [1.82, 2.24) is 9.88 Å². The maximum atomic E-state index is 12.9. The number of nitrogens with one attached hydrogen (secondary N) is 2. The maximum absolute atomic E-state index is 12.9. The SMILES string of the molecule is CN(C(=O)CN1CCCC1)c1ccc(CNc2ccc(Cl)cc2C(=O)Nc2ccc(Cl)cn2)cc1. The number of rotatable bonds is 8. The summed E-state index contributed by atoms with van der Waals surface area (Å²) < 4.78 is 0. The molecule has 0 unspecified atom stereocenters. The summed E-state index contributed by atoms with van der Waals surface area (Å²) in [6.45, 7) is 2.93. The molecule has 2 N–H and O–H groups in total. The van der Waals surface area contributed by atoms with Crippen LogP contribution >= 0.6 is 23.2 Å². The molecule has 1 fully saturated rings. The minimum Gasteiger partial charge on any atom is -0.380 e. The zero-order chi connectivity index (χ0) is 24.8. The number of benzene rings is 2. The molecule has 0 radical (unpaired) electrons. The molecular formula is C26H27Cl2N5O2. The molecule has 0 atom stereocenters. The number of likely N-dealkylation sites (N-methyl/N-ethyl adjacent to an activating group) is 1. The first-order valence-electron chi connectivity index (χ1n) is 11.4. The van der Waals surface area contributed by atoms with Crippen LogP contribution in [0.5, 0.6) is 0 Å². The fourth-order valence-corrected chi connectivity index (χ4v) is 4.19. The second kappa shape index (κ2) is 11.5. The maximum Gasteiger partial charge on any atom is 0.258 e. The Balaban J connectivity index is 1.38. The Morgan fingerprint density at radius 2 is 1.71 bits per heavy atom. The summed E-state index contributed by atoms with van der Waals surface area (Å²) in [5, 5.41) is 7.00. The topological polar surface area (TPSA) is 77.6 Å².